The number of benzene rings is 2. The smallest absolute Gasteiger partial charge is 0.229 e. The molecule has 1 aliphatic heterocycles. The van der Waals surface area contributed by atoms with E-state index in [-0.39, 0.29) is 5.60 Å². The first-order valence-electron chi connectivity index (χ1n) is 8.50. The fourth-order valence-electron chi connectivity index (χ4n) is 3.13. The van der Waals surface area contributed by atoms with Gasteiger partial charge in [0.05, 0.1) is 22.6 Å². The molecule has 2 aromatic carbocycles. The Labute approximate surface area is 169 Å². The van der Waals surface area contributed by atoms with E-state index in [4.69, 9.17) is 21.1 Å². The highest BCUT2D eigenvalue weighted by atomic mass is 35.5. The van der Waals surface area contributed by atoms with E-state index in [1.165, 1.54) is 0 Å². The lowest BCUT2D eigenvalue weighted by atomic mass is 9.86. The molecule has 2 aromatic rings. The highest BCUT2D eigenvalue weighted by Gasteiger charge is 2.34. The van der Waals surface area contributed by atoms with E-state index in [9.17, 15) is 8.42 Å². The van der Waals surface area contributed by atoms with Gasteiger partial charge in [-0.25, -0.2) is 8.42 Å². The monoisotopic (exact) mass is 427 g/mol. The Kier molecular flexibility index (Phi) is 6.38. The van der Waals surface area contributed by atoms with Crippen molar-refractivity contribution in [1.29, 1.82) is 0 Å². The summed E-state index contributed by atoms with van der Waals surface area (Å²) < 4.78 is 36.5. The maximum atomic E-state index is 11.4. The Balaban J connectivity index is 1.81. The SMILES string of the molecule is COC1(c2cccc(Sc3ccc(NS(C)(=O)=O)c(Cl)c3)c2)CCOCC1. The van der Waals surface area contributed by atoms with Gasteiger partial charge in [-0.3, -0.25) is 4.72 Å². The van der Waals surface area contributed by atoms with Crippen LogP contribution in [0.5, 0.6) is 0 Å². The summed E-state index contributed by atoms with van der Waals surface area (Å²) in [6.07, 6.45) is 2.75. The molecule has 0 atom stereocenters. The van der Waals surface area contributed by atoms with Gasteiger partial charge >= 0.3 is 0 Å². The Morgan fingerprint density at radius 2 is 1.85 bits per heavy atom. The summed E-state index contributed by atoms with van der Waals surface area (Å²) >= 11 is 7.79. The van der Waals surface area contributed by atoms with Crippen LogP contribution >= 0.6 is 23.4 Å². The number of methoxy groups -OCH3 is 1. The van der Waals surface area contributed by atoms with Gasteiger partial charge in [0, 0.05) is 43.0 Å². The molecule has 3 rings (SSSR count). The Hall–Kier alpha value is -1.25. The van der Waals surface area contributed by atoms with Crippen LogP contribution in [0.3, 0.4) is 0 Å². The normalized spacial score (nSPS) is 16.9. The molecule has 27 heavy (non-hydrogen) atoms. The first-order valence-corrected chi connectivity index (χ1v) is 11.6. The molecule has 8 heteroatoms. The maximum Gasteiger partial charge on any atom is 0.229 e. The van der Waals surface area contributed by atoms with Crippen molar-refractivity contribution in [2.24, 2.45) is 0 Å². The second kappa shape index (κ2) is 8.41. The summed E-state index contributed by atoms with van der Waals surface area (Å²) in [5.41, 5.74) is 1.20. The van der Waals surface area contributed by atoms with Gasteiger partial charge in [0.15, 0.2) is 0 Å². The van der Waals surface area contributed by atoms with E-state index < -0.39 is 10.0 Å². The number of ether oxygens (including phenoxy) is 2. The van der Waals surface area contributed by atoms with Gasteiger partial charge in [-0.2, -0.15) is 0 Å². The largest absolute Gasteiger partial charge is 0.381 e. The predicted molar refractivity (Wildman–Crippen MR) is 109 cm³/mol. The molecule has 0 aliphatic carbocycles. The van der Waals surface area contributed by atoms with Crippen LogP contribution in [-0.4, -0.2) is 35.0 Å². The topological polar surface area (TPSA) is 64.6 Å². The molecule has 0 aromatic heterocycles. The Morgan fingerprint density at radius 3 is 2.48 bits per heavy atom. The standard InChI is InChI=1S/C19H22ClNO4S2/c1-24-19(8-10-25-11-9-19)14-4-3-5-15(12-14)26-16-6-7-18(17(20)13-16)21-27(2,22)23/h3-7,12-13,21H,8-11H2,1-2H3. The van der Waals surface area contributed by atoms with Crippen LogP contribution in [0.4, 0.5) is 5.69 Å². The van der Waals surface area contributed by atoms with E-state index in [0.29, 0.717) is 23.9 Å². The van der Waals surface area contributed by atoms with Crippen molar-refractivity contribution >= 4 is 39.1 Å². The summed E-state index contributed by atoms with van der Waals surface area (Å²) in [6.45, 7) is 1.38. The van der Waals surface area contributed by atoms with Gasteiger partial charge in [0.2, 0.25) is 10.0 Å². The first kappa shape index (κ1) is 20.5. The van der Waals surface area contributed by atoms with Crippen molar-refractivity contribution in [2.45, 2.75) is 28.2 Å². The highest BCUT2D eigenvalue weighted by Crippen LogP contribution is 2.39. The third-order valence-electron chi connectivity index (χ3n) is 4.52. The van der Waals surface area contributed by atoms with E-state index >= 15 is 0 Å². The van der Waals surface area contributed by atoms with Crippen molar-refractivity contribution in [1.82, 2.24) is 0 Å². The summed E-state index contributed by atoms with van der Waals surface area (Å²) in [7, 11) is -1.62. The quantitative estimate of drug-likeness (QED) is 0.734. The fraction of sp³-hybridized carbons (Fsp3) is 0.368. The van der Waals surface area contributed by atoms with E-state index in [1.54, 1.807) is 31.0 Å². The Bertz CT molecular complexity index is 912. The van der Waals surface area contributed by atoms with E-state index in [1.807, 2.05) is 18.2 Å². The lowest BCUT2D eigenvalue weighted by Crippen LogP contribution is -2.35. The molecular formula is C19H22ClNO4S2. The highest BCUT2D eigenvalue weighted by molar-refractivity contribution is 7.99. The second-order valence-electron chi connectivity index (χ2n) is 6.46. The zero-order valence-corrected chi connectivity index (χ0v) is 17.6. The average Bonchev–Trinajstić information content (AvgIpc) is 2.64. The van der Waals surface area contributed by atoms with Gasteiger partial charge < -0.3 is 9.47 Å². The number of hydrogen-bond acceptors (Lipinski definition) is 5. The molecule has 1 N–H and O–H groups in total. The minimum Gasteiger partial charge on any atom is -0.381 e. The van der Waals surface area contributed by atoms with Gasteiger partial charge in [-0.1, -0.05) is 35.5 Å². The maximum absolute atomic E-state index is 11.4. The lowest BCUT2D eigenvalue weighted by molar-refractivity contribution is -0.0948. The lowest BCUT2D eigenvalue weighted by Gasteiger charge is -2.36. The number of nitrogens with one attached hydrogen (secondary N) is 1. The molecule has 5 nitrogen and oxygen atoms in total. The summed E-state index contributed by atoms with van der Waals surface area (Å²) in [4.78, 5) is 1.99. The number of hydrogen-bond donors (Lipinski definition) is 1. The molecule has 0 spiro atoms. The van der Waals surface area contributed by atoms with Crippen molar-refractivity contribution in [3.8, 4) is 0 Å². The van der Waals surface area contributed by atoms with Gasteiger partial charge in [0.25, 0.3) is 0 Å². The number of rotatable bonds is 6. The van der Waals surface area contributed by atoms with Crippen LogP contribution in [0, 0.1) is 0 Å². The summed E-state index contributed by atoms with van der Waals surface area (Å²) in [6, 6.07) is 13.6. The molecule has 0 amide bonds. The van der Waals surface area contributed by atoms with Crippen LogP contribution in [0.1, 0.15) is 18.4 Å². The minimum atomic E-state index is -3.36. The fourth-order valence-corrected chi connectivity index (χ4v) is 4.98. The van der Waals surface area contributed by atoms with Crippen LogP contribution in [0.15, 0.2) is 52.3 Å². The number of anilines is 1. The second-order valence-corrected chi connectivity index (χ2v) is 9.76. The van der Waals surface area contributed by atoms with Crippen molar-refractivity contribution in [2.75, 3.05) is 31.3 Å². The van der Waals surface area contributed by atoms with Gasteiger partial charge in [-0.15, -0.1) is 0 Å². The molecule has 146 valence electrons. The predicted octanol–water partition coefficient (Wildman–Crippen LogP) is 4.51. The Morgan fingerprint density at radius 1 is 1.15 bits per heavy atom. The molecule has 1 heterocycles. The first-order chi connectivity index (χ1) is 12.8. The third-order valence-corrected chi connectivity index (χ3v) is 6.41. The molecular weight excluding hydrogens is 406 g/mol. The van der Waals surface area contributed by atoms with Crippen molar-refractivity contribution in [3.63, 3.8) is 0 Å². The van der Waals surface area contributed by atoms with Crippen LogP contribution in [0.2, 0.25) is 5.02 Å². The van der Waals surface area contributed by atoms with Gasteiger partial charge in [-0.05, 0) is 35.9 Å². The molecule has 0 radical (unpaired) electrons. The molecule has 1 fully saturated rings. The third kappa shape index (κ3) is 5.18. The van der Waals surface area contributed by atoms with Gasteiger partial charge in [0.1, 0.15) is 0 Å². The molecule has 0 saturated carbocycles. The summed E-state index contributed by atoms with van der Waals surface area (Å²) in [5, 5.41) is 0.361. The molecule has 1 saturated heterocycles. The van der Waals surface area contributed by atoms with Crippen LogP contribution < -0.4 is 4.72 Å². The van der Waals surface area contributed by atoms with Crippen molar-refractivity contribution in [3.05, 3.63) is 53.1 Å². The summed E-state index contributed by atoms with van der Waals surface area (Å²) in [5.74, 6) is 0. The zero-order chi connectivity index (χ0) is 19.5. The van der Waals surface area contributed by atoms with E-state index in [2.05, 4.69) is 16.9 Å². The van der Waals surface area contributed by atoms with Crippen LogP contribution in [-0.2, 0) is 25.1 Å². The van der Waals surface area contributed by atoms with Crippen LogP contribution in [0.25, 0.3) is 0 Å². The number of sulfonamides is 1. The van der Waals surface area contributed by atoms with E-state index in [0.717, 1.165) is 34.5 Å². The average molecular weight is 428 g/mol. The molecule has 0 bridgehead atoms. The molecule has 0 unspecified atom stereocenters. The van der Waals surface area contributed by atoms with Crippen molar-refractivity contribution < 1.29 is 17.9 Å². The zero-order valence-electron chi connectivity index (χ0n) is 15.2. The minimum absolute atomic E-state index is 0.310. The molecule has 1 aliphatic rings. The number of halogens is 1.